The average molecular weight is 267 g/mol. The average Bonchev–Trinajstić information content (AvgIpc) is 2.98. The molecule has 2 rings (SSSR count). The van der Waals surface area contributed by atoms with E-state index < -0.39 is 4.92 Å². The van der Waals surface area contributed by atoms with Crippen LogP contribution in [-0.2, 0) is 4.74 Å². The predicted octanol–water partition coefficient (Wildman–Crippen LogP) is 1.07. The van der Waals surface area contributed by atoms with Crippen LogP contribution in [0.5, 0.6) is 0 Å². The van der Waals surface area contributed by atoms with Gasteiger partial charge in [-0.2, -0.15) is 0 Å². The maximum atomic E-state index is 12.0. The van der Waals surface area contributed by atoms with Gasteiger partial charge in [-0.25, -0.2) is 0 Å². The first-order valence-corrected chi connectivity index (χ1v) is 6.17. The van der Waals surface area contributed by atoms with Crippen molar-refractivity contribution in [1.29, 1.82) is 0 Å². The maximum Gasteiger partial charge on any atom is 0.287 e. The minimum absolute atomic E-state index is 0.0815. The molecule has 1 saturated heterocycles. The van der Waals surface area contributed by atoms with E-state index in [-0.39, 0.29) is 18.0 Å². The highest BCUT2D eigenvalue weighted by Gasteiger charge is 2.25. The van der Waals surface area contributed by atoms with Crippen molar-refractivity contribution < 1.29 is 14.5 Å². The maximum absolute atomic E-state index is 12.0. The molecular weight excluding hydrogens is 250 g/mol. The number of ether oxygens (including phenoxy) is 1. The lowest BCUT2D eigenvalue weighted by molar-refractivity contribution is -0.384. The topological polar surface area (TPSA) is 88.5 Å². The minimum atomic E-state index is -0.516. The number of methoxy groups -OCH3 is 1. The Morgan fingerprint density at radius 3 is 3.11 bits per heavy atom. The number of nitrogens with one attached hydrogen (secondary N) is 1. The van der Waals surface area contributed by atoms with Crippen LogP contribution < -0.4 is 0 Å². The highest BCUT2D eigenvalue weighted by Crippen LogP contribution is 2.18. The standard InChI is InChI=1S/C12H17N3O4/c1-19-8-9-2-3-14(6-9)7-12(16)11-4-10(5-13-11)15(17)18/h4-5,9,13H,2-3,6-8H2,1H3. The van der Waals surface area contributed by atoms with Crippen LogP contribution in [0.1, 0.15) is 16.9 Å². The molecule has 19 heavy (non-hydrogen) atoms. The van der Waals surface area contributed by atoms with Gasteiger partial charge in [-0.1, -0.05) is 0 Å². The van der Waals surface area contributed by atoms with Crippen LogP contribution in [-0.4, -0.2) is 53.9 Å². The molecule has 7 nitrogen and oxygen atoms in total. The Hall–Kier alpha value is -1.73. The summed E-state index contributed by atoms with van der Waals surface area (Å²) in [5.41, 5.74) is 0.212. The fraction of sp³-hybridized carbons (Fsp3) is 0.583. The van der Waals surface area contributed by atoms with Gasteiger partial charge in [0, 0.05) is 19.7 Å². The third kappa shape index (κ3) is 3.39. The number of nitro groups is 1. The highest BCUT2D eigenvalue weighted by molar-refractivity contribution is 5.96. The van der Waals surface area contributed by atoms with Gasteiger partial charge in [0.15, 0.2) is 5.78 Å². The number of likely N-dealkylation sites (tertiary alicyclic amines) is 1. The Kier molecular flexibility index (Phi) is 4.28. The molecule has 0 amide bonds. The highest BCUT2D eigenvalue weighted by atomic mass is 16.6. The molecule has 1 aliphatic heterocycles. The van der Waals surface area contributed by atoms with Crippen molar-refractivity contribution in [2.75, 3.05) is 33.4 Å². The number of aromatic nitrogens is 1. The molecule has 0 saturated carbocycles. The fourth-order valence-electron chi connectivity index (χ4n) is 2.37. The van der Waals surface area contributed by atoms with Crippen LogP contribution in [0.15, 0.2) is 12.3 Å². The van der Waals surface area contributed by atoms with E-state index in [1.165, 1.54) is 12.3 Å². The number of hydrogen-bond donors (Lipinski definition) is 1. The predicted molar refractivity (Wildman–Crippen MR) is 68.2 cm³/mol. The largest absolute Gasteiger partial charge is 0.384 e. The van der Waals surface area contributed by atoms with Crippen LogP contribution in [0.4, 0.5) is 5.69 Å². The summed E-state index contributed by atoms with van der Waals surface area (Å²) in [6.45, 7) is 2.70. The van der Waals surface area contributed by atoms with E-state index in [2.05, 4.69) is 9.88 Å². The Balaban J connectivity index is 1.89. The van der Waals surface area contributed by atoms with E-state index >= 15 is 0 Å². The van der Waals surface area contributed by atoms with Gasteiger partial charge < -0.3 is 9.72 Å². The zero-order valence-electron chi connectivity index (χ0n) is 10.8. The molecule has 0 spiro atoms. The molecule has 1 aliphatic rings. The molecule has 1 atom stereocenters. The second kappa shape index (κ2) is 5.94. The van der Waals surface area contributed by atoms with Crippen molar-refractivity contribution in [2.24, 2.45) is 5.92 Å². The molecule has 0 bridgehead atoms. The van der Waals surface area contributed by atoms with E-state index in [1.54, 1.807) is 7.11 Å². The van der Waals surface area contributed by atoms with Crippen LogP contribution in [0, 0.1) is 16.0 Å². The van der Waals surface area contributed by atoms with Gasteiger partial charge in [-0.15, -0.1) is 0 Å². The summed E-state index contributed by atoms with van der Waals surface area (Å²) in [6.07, 6.45) is 2.26. The zero-order valence-corrected chi connectivity index (χ0v) is 10.8. The van der Waals surface area contributed by atoms with Crippen LogP contribution >= 0.6 is 0 Å². The number of aromatic amines is 1. The van der Waals surface area contributed by atoms with Crippen molar-refractivity contribution in [3.63, 3.8) is 0 Å². The summed E-state index contributed by atoms with van der Waals surface area (Å²) in [6, 6.07) is 1.28. The van der Waals surface area contributed by atoms with Crippen LogP contribution in [0.3, 0.4) is 0 Å². The Morgan fingerprint density at radius 1 is 1.68 bits per heavy atom. The van der Waals surface area contributed by atoms with Crippen molar-refractivity contribution in [3.8, 4) is 0 Å². The lowest BCUT2D eigenvalue weighted by Crippen LogP contribution is -2.28. The van der Waals surface area contributed by atoms with E-state index in [0.717, 1.165) is 19.5 Å². The lowest BCUT2D eigenvalue weighted by atomic mass is 10.1. The summed E-state index contributed by atoms with van der Waals surface area (Å²) in [5.74, 6) is 0.349. The molecule has 104 valence electrons. The quantitative estimate of drug-likeness (QED) is 0.473. The van der Waals surface area contributed by atoms with Crippen LogP contribution in [0.25, 0.3) is 0 Å². The zero-order chi connectivity index (χ0) is 13.8. The number of H-pyrrole nitrogens is 1. The number of Topliss-reactive ketones (excluding diaryl/α,β-unsaturated/α-hetero) is 1. The number of nitrogens with zero attached hydrogens (tertiary/aromatic N) is 2. The van der Waals surface area contributed by atoms with Gasteiger partial charge >= 0.3 is 0 Å². The molecule has 1 aromatic heterocycles. The first-order chi connectivity index (χ1) is 9.10. The SMILES string of the molecule is COCC1CCN(CC(=O)c2cc([N+](=O)[O-])c[nH]2)C1. The Labute approximate surface area is 110 Å². The number of rotatable bonds is 6. The monoisotopic (exact) mass is 267 g/mol. The summed E-state index contributed by atoms with van der Waals surface area (Å²) in [7, 11) is 1.67. The van der Waals surface area contributed by atoms with Gasteiger partial charge in [0.05, 0.1) is 30.0 Å². The first kappa shape index (κ1) is 13.7. The second-order valence-corrected chi connectivity index (χ2v) is 4.80. The molecule has 1 fully saturated rings. The molecule has 7 heteroatoms. The molecule has 1 aromatic rings. The fourth-order valence-corrected chi connectivity index (χ4v) is 2.37. The van der Waals surface area contributed by atoms with Crippen molar-refractivity contribution >= 4 is 11.5 Å². The minimum Gasteiger partial charge on any atom is -0.384 e. The summed E-state index contributed by atoms with van der Waals surface area (Å²) in [5, 5.41) is 10.5. The second-order valence-electron chi connectivity index (χ2n) is 4.80. The number of carbonyl (C=O) groups excluding carboxylic acids is 1. The molecule has 1 N–H and O–H groups in total. The van der Waals surface area contributed by atoms with Gasteiger partial charge in [0.1, 0.15) is 0 Å². The normalized spacial score (nSPS) is 19.7. The molecular formula is C12H17N3O4. The van der Waals surface area contributed by atoms with E-state index in [0.29, 0.717) is 18.2 Å². The Morgan fingerprint density at radius 2 is 2.47 bits per heavy atom. The van der Waals surface area contributed by atoms with Gasteiger partial charge in [-0.05, 0) is 18.9 Å². The molecule has 2 heterocycles. The smallest absolute Gasteiger partial charge is 0.287 e. The number of ketones is 1. The van der Waals surface area contributed by atoms with Crippen molar-refractivity contribution in [2.45, 2.75) is 6.42 Å². The van der Waals surface area contributed by atoms with Gasteiger partial charge in [0.25, 0.3) is 5.69 Å². The summed E-state index contributed by atoms with van der Waals surface area (Å²) < 4.78 is 5.10. The van der Waals surface area contributed by atoms with E-state index in [9.17, 15) is 14.9 Å². The number of carbonyl (C=O) groups is 1. The first-order valence-electron chi connectivity index (χ1n) is 6.17. The third-order valence-electron chi connectivity index (χ3n) is 3.32. The molecule has 1 unspecified atom stereocenters. The molecule has 0 aliphatic carbocycles. The van der Waals surface area contributed by atoms with E-state index in [4.69, 9.17) is 4.74 Å². The van der Waals surface area contributed by atoms with Crippen molar-refractivity contribution in [1.82, 2.24) is 9.88 Å². The molecule has 0 radical (unpaired) electrons. The summed E-state index contributed by atoms with van der Waals surface area (Å²) in [4.78, 5) is 26.7. The van der Waals surface area contributed by atoms with Gasteiger partial charge in [0.2, 0.25) is 0 Å². The van der Waals surface area contributed by atoms with Crippen molar-refractivity contribution in [3.05, 3.63) is 28.1 Å². The van der Waals surface area contributed by atoms with Crippen LogP contribution in [0.2, 0.25) is 0 Å². The summed E-state index contributed by atoms with van der Waals surface area (Å²) >= 11 is 0. The van der Waals surface area contributed by atoms with Gasteiger partial charge in [-0.3, -0.25) is 19.8 Å². The number of hydrogen-bond acceptors (Lipinski definition) is 5. The third-order valence-corrected chi connectivity index (χ3v) is 3.32. The van der Waals surface area contributed by atoms with E-state index in [1.807, 2.05) is 0 Å². The molecule has 0 aromatic carbocycles. The Bertz CT molecular complexity index is 471. The lowest BCUT2D eigenvalue weighted by Gasteiger charge is -2.14.